The molecule has 0 spiro atoms. The van der Waals surface area contributed by atoms with E-state index in [-0.39, 0.29) is 11.9 Å². The number of methoxy groups -OCH3 is 1. The van der Waals surface area contributed by atoms with Gasteiger partial charge in [0.2, 0.25) is 0 Å². The summed E-state index contributed by atoms with van der Waals surface area (Å²) in [4.78, 5) is 4.46. The Morgan fingerprint density at radius 2 is 1.79 bits per heavy atom. The van der Waals surface area contributed by atoms with Crippen LogP contribution in [0.4, 0.5) is 4.39 Å². The number of aromatic nitrogens is 2. The van der Waals surface area contributed by atoms with Crippen LogP contribution >= 0.6 is 0 Å². The number of ether oxygens (including phenoxy) is 1. The SMILES string of the molecule is COc1ccc(C[C@H](N)c2ncc(-c3ccc(F)cc3)n2C)cc1. The number of hydrogen-bond acceptors (Lipinski definition) is 3. The molecule has 0 saturated heterocycles. The van der Waals surface area contributed by atoms with E-state index in [2.05, 4.69) is 4.98 Å². The number of halogens is 1. The summed E-state index contributed by atoms with van der Waals surface area (Å²) in [7, 11) is 3.57. The summed E-state index contributed by atoms with van der Waals surface area (Å²) in [6.45, 7) is 0. The summed E-state index contributed by atoms with van der Waals surface area (Å²) in [5.74, 6) is 1.37. The van der Waals surface area contributed by atoms with Gasteiger partial charge in [0.25, 0.3) is 0 Å². The highest BCUT2D eigenvalue weighted by molar-refractivity contribution is 5.59. The Morgan fingerprint density at radius 1 is 1.12 bits per heavy atom. The molecule has 2 aromatic carbocycles. The smallest absolute Gasteiger partial charge is 0.126 e. The predicted molar refractivity (Wildman–Crippen MR) is 92.2 cm³/mol. The molecule has 0 saturated carbocycles. The number of imidazole rings is 1. The van der Waals surface area contributed by atoms with Gasteiger partial charge in [-0.15, -0.1) is 0 Å². The van der Waals surface area contributed by atoms with Crippen molar-refractivity contribution in [1.29, 1.82) is 0 Å². The van der Waals surface area contributed by atoms with E-state index in [9.17, 15) is 4.39 Å². The molecule has 0 fully saturated rings. The fourth-order valence-electron chi connectivity index (χ4n) is 2.76. The van der Waals surface area contributed by atoms with Crippen molar-refractivity contribution in [3.8, 4) is 17.0 Å². The van der Waals surface area contributed by atoms with Crippen LogP contribution in [0.25, 0.3) is 11.3 Å². The van der Waals surface area contributed by atoms with Crippen LogP contribution in [0.1, 0.15) is 17.4 Å². The molecular formula is C19H20FN3O. The molecule has 1 heterocycles. The Morgan fingerprint density at radius 3 is 2.42 bits per heavy atom. The van der Waals surface area contributed by atoms with Gasteiger partial charge in [0.05, 0.1) is 25.0 Å². The monoisotopic (exact) mass is 325 g/mol. The van der Waals surface area contributed by atoms with E-state index in [0.717, 1.165) is 28.4 Å². The summed E-state index contributed by atoms with van der Waals surface area (Å²) in [6, 6.07) is 14.0. The quantitative estimate of drug-likeness (QED) is 0.781. The number of rotatable bonds is 5. The standard InChI is InChI=1S/C19H20FN3O/c1-23-18(14-5-7-15(20)8-6-14)12-22-19(23)17(21)11-13-3-9-16(24-2)10-4-13/h3-10,12,17H,11,21H2,1-2H3/t17-/m0/s1. The minimum atomic E-state index is -0.252. The van der Waals surface area contributed by atoms with Gasteiger partial charge in [-0.05, 0) is 53.9 Å². The zero-order chi connectivity index (χ0) is 17.1. The van der Waals surface area contributed by atoms with Crippen molar-refractivity contribution in [2.24, 2.45) is 12.8 Å². The second kappa shape index (κ2) is 6.84. The zero-order valence-electron chi connectivity index (χ0n) is 13.7. The van der Waals surface area contributed by atoms with Crippen LogP contribution in [0.15, 0.2) is 54.7 Å². The molecule has 3 rings (SSSR count). The van der Waals surface area contributed by atoms with E-state index in [1.54, 1.807) is 25.4 Å². The molecule has 5 heteroatoms. The van der Waals surface area contributed by atoms with Gasteiger partial charge in [0.15, 0.2) is 0 Å². The maximum atomic E-state index is 13.1. The lowest BCUT2D eigenvalue weighted by Crippen LogP contribution is -2.18. The fourth-order valence-corrected chi connectivity index (χ4v) is 2.76. The summed E-state index contributed by atoms with van der Waals surface area (Å²) in [5, 5.41) is 0. The summed E-state index contributed by atoms with van der Waals surface area (Å²) >= 11 is 0. The number of hydrogen-bond donors (Lipinski definition) is 1. The summed E-state index contributed by atoms with van der Waals surface area (Å²) in [5.41, 5.74) is 9.28. The van der Waals surface area contributed by atoms with Crippen LogP contribution < -0.4 is 10.5 Å². The van der Waals surface area contributed by atoms with Crippen LogP contribution in [-0.2, 0) is 13.5 Å². The van der Waals surface area contributed by atoms with E-state index in [0.29, 0.717) is 6.42 Å². The van der Waals surface area contributed by atoms with Gasteiger partial charge < -0.3 is 15.0 Å². The van der Waals surface area contributed by atoms with Gasteiger partial charge in [-0.3, -0.25) is 0 Å². The summed E-state index contributed by atoms with van der Waals surface area (Å²) < 4.78 is 20.2. The van der Waals surface area contributed by atoms with Crippen molar-refractivity contribution < 1.29 is 9.13 Å². The Balaban J connectivity index is 1.80. The average molecular weight is 325 g/mol. The maximum Gasteiger partial charge on any atom is 0.126 e. The van der Waals surface area contributed by atoms with E-state index in [1.807, 2.05) is 35.9 Å². The van der Waals surface area contributed by atoms with Crippen LogP contribution in [0, 0.1) is 5.82 Å². The molecule has 1 atom stereocenters. The molecule has 124 valence electrons. The van der Waals surface area contributed by atoms with Crippen LogP contribution in [0.5, 0.6) is 5.75 Å². The van der Waals surface area contributed by atoms with E-state index in [1.165, 1.54) is 12.1 Å². The molecule has 24 heavy (non-hydrogen) atoms. The number of benzene rings is 2. The Bertz CT molecular complexity index is 810. The van der Waals surface area contributed by atoms with Crippen LogP contribution in [-0.4, -0.2) is 16.7 Å². The highest BCUT2D eigenvalue weighted by Gasteiger charge is 2.16. The van der Waals surface area contributed by atoms with Gasteiger partial charge in [0.1, 0.15) is 17.4 Å². The molecule has 0 radical (unpaired) electrons. The third-order valence-electron chi connectivity index (χ3n) is 4.11. The molecule has 3 aromatic rings. The van der Waals surface area contributed by atoms with Crippen molar-refractivity contribution in [2.75, 3.05) is 7.11 Å². The maximum absolute atomic E-state index is 13.1. The first-order valence-corrected chi connectivity index (χ1v) is 7.74. The Labute approximate surface area is 140 Å². The van der Waals surface area contributed by atoms with Gasteiger partial charge in [-0.1, -0.05) is 12.1 Å². The minimum Gasteiger partial charge on any atom is -0.497 e. The first-order chi connectivity index (χ1) is 11.6. The van der Waals surface area contributed by atoms with Crippen molar-refractivity contribution in [3.63, 3.8) is 0 Å². The predicted octanol–water partition coefficient (Wildman–Crippen LogP) is 3.48. The Kier molecular flexibility index (Phi) is 4.62. The van der Waals surface area contributed by atoms with E-state index in [4.69, 9.17) is 10.5 Å². The van der Waals surface area contributed by atoms with Crippen molar-refractivity contribution in [1.82, 2.24) is 9.55 Å². The third kappa shape index (κ3) is 3.31. The van der Waals surface area contributed by atoms with Crippen LogP contribution in [0.2, 0.25) is 0 Å². The average Bonchev–Trinajstić information content (AvgIpc) is 2.98. The van der Waals surface area contributed by atoms with Gasteiger partial charge in [-0.25, -0.2) is 9.37 Å². The lowest BCUT2D eigenvalue weighted by molar-refractivity contribution is 0.414. The first-order valence-electron chi connectivity index (χ1n) is 7.74. The molecule has 4 nitrogen and oxygen atoms in total. The van der Waals surface area contributed by atoms with Gasteiger partial charge >= 0.3 is 0 Å². The van der Waals surface area contributed by atoms with Crippen molar-refractivity contribution >= 4 is 0 Å². The Hall–Kier alpha value is -2.66. The lowest BCUT2D eigenvalue weighted by Gasteiger charge is -2.13. The van der Waals surface area contributed by atoms with E-state index >= 15 is 0 Å². The van der Waals surface area contributed by atoms with Gasteiger partial charge in [-0.2, -0.15) is 0 Å². The molecular weight excluding hydrogens is 305 g/mol. The van der Waals surface area contributed by atoms with Gasteiger partial charge in [0, 0.05) is 7.05 Å². The highest BCUT2D eigenvalue weighted by atomic mass is 19.1. The molecule has 0 aliphatic heterocycles. The number of nitrogens with zero attached hydrogens (tertiary/aromatic N) is 2. The molecule has 0 aliphatic carbocycles. The molecule has 0 bridgehead atoms. The normalized spacial score (nSPS) is 12.2. The third-order valence-corrected chi connectivity index (χ3v) is 4.11. The topological polar surface area (TPSA) is 53.1 Å². The largest absolute Gasteiger partial charge is 0.497 e. The van der Waals surface area contributed by atoms with Crippen molar-refractivity contribution in [2.45, 2.75) is 12.5 Å². The van der Waals surface area contributed by atoms with Crippen molar-refractivity contribution in [3.05, 3.63) is 71.9 Å². The lowest BCUT2D eigenvalue weighted by atomic mass is 10.1. The molecule has 0 aliphatic rings. The zero-order valence-corrected chi connectivity index (χ0v) is 13.7. The summed E-state index contributed by atoms with van der Waals surface area (Å²) in [6.07, 6.45) is 2.45. The molecule has 1 aromatic heterocycles. The molecule has 0 amide bonds. The highest BCUT2D eigenvalue weighted by Crippen LogP contribution is 2.24. The molecule has 0 unspecified atom stereocenters. The molecule has 2 N–H and O–H groups in total. The van der Waals surface area contributed by atoms with E-state index < -0.39 is 0 Å². The number of nitrogens with two attached hydrogens (primary N) is 1. The fraction of sp³-hybridized carbons (Fsp3) is 0.211. The van der Waals surface area contributed by atoms with Crippen LogP contribution in [0.3, 0.4) is 0 Å². The minimum absolute atomic E-state index is 0.224. The first kappa shape index (κ1) is 16.2. The second-order valence-corrected chi connectivity index (χ2v) is 5.73. The second-order valence-electron chi connectivity index (χ2n) is 5.73.